The fraction of sp³-hybridized carbons (Fsp3) is 0.238. The van der Waals surface area contributed by atoms with Crippen LogP contribution in [0.1, 0.15) is 23.2 Å². The molecule has 0 bridgehead atoms. The third-order valence-corrected chi connectivity index (χ3v) is 4.97. The van der Waals surface area contributed by atoms with Crippen LogP contribution in [-0.4, -0.2) is 29.0 Å². The molecule has 0 unspecified atom stereocenters. The van der Waals surface area contributed by atoms with Crippen LogP contribution in [0.25, 0.3) is 22.2 Å². The number of piperidine rings is 1. The molecule has 132 valence electrons. The minimum Gasteiger partial charge on any atom is -0.354 e. The maximum absolute atomic E-state index is 13.2. The summed E-state index contributed by atoms with van der Waals surface area (Å²) >= 11 is 0. The number of carbonyl (C=O) groups is 2. The normalized spacial score (nSPS) is 17.1. The number of aryl methyl sites for hydroxylation is 1. The Morgan fingerprint density at radius 2 is 1.85 bits per heavy atom. The summed E-state index contributed by atoms with van der Waals surface area (Å²) < 4.78 is 2.04. The van der Waals surface area contributed by atoms with Gasteiger partial charge in [0.05, 0.1) is 11.3 Å². The number of amides is 2. The molecule has 1 aliphatic heterocycles. The van der Waals surface area contributed by atoms with Gasteiger partial charge in [0.1, 0.15) is 6.04 Å². The van der Waals surface area contributed by atoms with Gasteiger partial charge >= 0.3 is 0 Å². The first-order chi connectivity index (χ1) is 12.7. The van der Waals surface area contributed by atoms with Gasteiger partial charge in [-0.15, -0.1) is 0 Å². The lowest BCUT2D eigenvalue weighted by atomic mass is 10.0. The van der Waals surface area contributed by atoms with E-state index in [9.17, 15) is 9.59 Å². The van der Waals surface area contributed by atoms with Gasteiger partial charge in [0.15, 0.2) is 0 Å². The first kappa shape index (κ1) is 16.4. The van der Waals surface area contributed by atoms with Crippen molar-refractivity contribution in [1.29, 1.82) is 0 Å². The number of fused-ring (bicyclic) bond motifs is 1. The largest absolute Gasteiger partial charge is 0.354 e. The molecular weight excluding hydrogens is 326 g/mol. The topological polar surface area (TPSA) is 63.1 Å². The van der Waals surface area contributed by atoms with Crippen molar-refractivity contribution < 1.29 is 9.59 Å². The molecule has 1 aromatic heterocycles. The highest BCUT2D eigenvalue weighted by Crippen LogP contribution is 2.33. The van der Waals surface area contributed by atoms with Gasteiger partial charge in [0, 0.05) is 24.5 Å². The van der Waals surface area contributed by atoms with Crippen LogP contribution in [0, 0.1) is 0 Å². The van der Waals surface area contributed by atoms with E-state index in [4.69, 9.17) is 0 Å². The zero-order valence-electron chi connectivity index (χ0n) is 14.7. The van der Waals surface area contributed by atoms with Gasteiger partial charge in [0.2, 0.25) is 5.91 Å². The Kier molecular flexibility index (Phi) is 4.21. The van der Waals surface area contributed by atoms with Crippen molar-refractivity contribution in [2.24, 2.45) is 7.05 Å². The van der Waals surface area contributed by atoms with Crippen molar-refractivity contribution in [3.8, 4) is 11.3 Å². The molecule has 26 heavy (non-hydrogen) atoms. The summed E-state index contributed by atoms with van der Waals surface area (Å²) in [5.74, 6) is -0.311. The van der Waals surface area contributed by atoms with Crippen LogP contribution in [0.2, 0.25) is 0 Å². The van der Waals surface area contributed by atoms with Crippen molar-refractivity contribution in [2.75, 3.05) is 6.54 Å². The highest BCUT2D eigenvalue weighted by atomic mass is 16.2. The quantitative estimate of drug-likeness (QED) is 0.765. The van der Waals surface area contributed by atoms with Crippen LogP contribution < -0.4 is 10.6 Å². The third-order valence-electron chi connectivity index (χ3n) is 4.97. The van der Waals surface area contributed by atoms with E-state index >= 15 is 0 Å². The van der Waals surface area contributed by atoms with Crippen LogP contribution in [0.3, 0.4) is 0 Å². The van der Waals surface area contributed by atoms with E-state index in [0.29, 0.717) is 18.5 Å². The average molecular weight is 347 g/mol. The summed E-state index contributed by atoms with van der Waals surface area (Å²) in [6.45, 7) is 0.675. The highest BCUT2D eigenvalue weighted by molar-refractivity contribution is 6.13. The summed E-state index contributed by atoms with van der Waals surface area (Å²) in [6.07, 6.45) is 1.54. The first-order valence-corrected chi connectivity index (χ1v) is 8.88. The van der Waals surface area contributed by atoms with Crippen LogP contribution in [0.4, 0.5) is 0 Å². The van der Waals surface area contributed by atoms with E-state index in [0.717, 1.165) is 28.6 Å². The predicted molar refractivity (Wildman–Crippen MR) is 102 cm³/mol. The van der Waals surface area contributed by atoms with Gasteiger partial charge in [-0.25, -0.2) is 0 Å². The van der Waals surface area contributed by atoms with E-state index in [-0.39, 0.29) is 11.8 Å². The van der Waals surface area contributed by atoms with Crippen molar-refractivity contribution >= 4 is 22.7 Å². The second kappa shape index (κ2) is 6.67. The zero-order chi connectivity index (χ0) is 18.1. The summed E-state index contributed by atoms with van der Waals surface area (Å²) in [7, 11) is 1.97. The molecule has 2 amide bonds. The van der Waals surface area contributed by atoms with E-state index in [1.807, 2.05) is 66.2 Å². The molecule has 3 aromatic rings. The number of hydrogen-bond acceptors (Lipinski definition) is 2. The molecule has 4 rings (SSSR count). The number of nitrogens with one attached hydrogen (secondary N) is 2. The smallest absolute Gasteiger partial charge is 0.254 e. The van der Waals surface area contributed by atoms with Crippen molar-refractivity contribution in [2.45, 2.75) is 18.9 Å². The highest BCUT2D eigenvalue weighted by Gasteiger charge is 2.28. The molecule has 5 heteroatoms. The van der Waals surface area contributed by atoms with Crippen LogP contribution in [-0.2, 0) is 11.8 Å². The molecule has 1 saturated heterocycles. The molecule has 0 aliphatic carbocycles. The minimum absolute atomic E-state index is 0.105. The zero-order valence-corrected chi connectivity index (χ0v) is 14.7. The van der Waals surface area contributed by atoms with Crippen molar-refractivity contribution in [3.63, 3.8) is 0 Å². The molecule has 1 fully saturated rings. The lowest BCUT2D eigenvalue weighted by Crippen LogP contribution is -2.50. The lowest BCUT2D eigenvalue weighted by Gasteiger charge is -2.23. The molecule has 1 atom stereocenters. The Hall–Kier alpha value is -3.08. The summed E-state index contributed by atoms with van der Waals surface area (Å²) in [5, 5.41) is 6.65. The maximum Gasteiger partial charge on any atom is 0.254 e. The fourth-order valence-corrected chi connectivity index (χ4v) is 3.70. The Bertz CT molecular complexity index is 976. The molecule has 1 aliphatic rings. The average Bonchev–Trinajstić information content (AvgIpc) is 2.97. The number of aromatic nitrogens is 1. The second-order valence-electron chi connectivity index (χ2n) is 6.63. The molecule has 0 saturated carbocycles. The molecule has 2 aromatic carbocycles. The Morgan fingerprint density at radius 3 is 2.62 bits per heavy atom. The predicted octanol–water partition coefficient (Wildman–Crippen LogP) is 2.85. The third kappa shape index (κ3) is 2.75. The number of benzene rings is 2. The second-order valence-corrected chi connectivity index (χ2v) is 6.63. The van der Waals surface area contributed by atoms with Gasteiger partial charge < -0.3 is 15.2 Å². The standard InChI is InChI=1S/C21H21N3O2/c1-24-17-12-6-5-10-15(17)18(19(24)14-8-3-2-4-9-14)21(26)23-16-11-7-13-22-20(16)25/h2-6,8-10,12,16H,7,11,13H2,1H3,(H,22,25)(H,23,26)/t16-/m1/s1. The van der Waals surface area contributed by atoms with Crippen LogP contribution in [0.5, 0.6) is 0 Å². The van der Waals surface area contributed by atoms with Gasteiger partial charge in [-0.1, -0.05) is 48.5 Å². The summed E-state index contributed by atoms with van der Waals surface area (Å²) in [4.78, 5) is 25.2. The van der Waals surface area contributed by atoms with E-state index < -0.39 is 6.04 Å². The molecule has 2 N–H and O–H groups in total. The summed E-state index contributed by atoms with van der Waals surface area (Å²) in [6, 6.07) is 17.3. The monoisotopic (exact) mass is 347 g/mol. The molecular formula is C21H21N3O2. The van der Waals surface area contributed by atoms with E-state index in [2.05, 4.69) is 10.6 Å². The lowest BCUT2D eigenvalue weighted by molar-refractivity contribution is -0.124. The van der Waals surface area contributed by atoms with Crippen molar-refractivity contribution in [1.82, 2.24) is 15.2 Å². The number of rotatable bonds is 3. The van der Waals surface area contributed by atoms with E-state index in [1.165, 1.54) is 0 Å². The minimum atomic E-state index is -0.473. The Labute approximate surface area is 152 Å². The van der Waals surface area contributed by atoms with Gasteiger partial charge in [-0.05, 0) is 24.5 Å². The van der Waals surface area contributed by atoms with Crippen LogP contribution >= 0.6 is 0 Å². The molecule has 0 radical (unpaired) electrons. The van der Waals surface area contributed by atoms with Crippen LogP contribution in [0.15, 0.2) is 54.6 Å². The first-order valence-electron chi connectivity index (χ1n) is 8.88. The van der Waals surface area contributed by atoms with Gasteiger partial charge in [0.25, 0.3) is 5.91 Å². The molecule has 5 nitrogen and oxygen atoms in total. The van der Waals surface area contributed by atoms with Gasteiger partial charge in [-0.2, -0.15) is 0 Å². The number of nitrogens with zero attached hydrogens (tertiary/aromatic N) is 1. The van der Waals surface area contributed by atoms with Crippen molar-refractivity contribution in [3.05, 3.63) is 60.2 Å². The fourth-order valence-electron chi connectivity index (χ4n) is 3.70. The number of para-hydroxylation sites is 1. The number of carbonyl (C=O) groups excluding carboxylic acids is 2. The molecule has 2 heterocycles. The number of hydrogen-bond donors (Lipinski definition) is 2. The van der Waals surface area contributed by atoms with Gasteiger partial charge in [-0.3, -0.25) is 9.59 Å². The Balaban J connectivity index is 1.83. The van der Waals surface area contributed by atoms with E-state index in [1.54, 1.807) is 0 Å². The Morgan fingerprint density at radius 1 is 1.12 bits per heavy atom. The molecule has 0 spiro atoms. The maximum atomic E-state index is 13.2. The summed E-state index contributed by atoms with van der Waals surface area (Å²) in [5.41, 5.74) is 3.45. The SMILES string of the molecule is Cn1c(-c2ccccc2)c(C(=O)N[C@@H]2CCCNC2=O)c2ccccc21.